The molecule has 0 bridgehead atoms. The molecule has 1 aliphatic rings. The fourth-order valence-corrected chi connectivity index (χ4v) is 3.53. The molecule has 1 amide bonds. The fraction of sp³-hybridized carbons (Fsp3) is 0.474. The van der Waals surface area contributed by atoms with Gasteiger partial charge in [-0.2, -0.15) is 18.3 Å². The van der Waals surface area contributed by atoms with E-state index in [1.807, 2.05) is 20.9 Å². The maximum Gasteiger partial charge on any atom is 0.416 e. The molecule has 1 N–H and O–H groups in total. The Bertz CT molecular complexity index is 826. The summed E-state index contributed by atoms with van der Waals surface area (Å²) < 4.78 is 41.2. The van der Waals surface area contributed by atoms with E-state index in [9.17, 15) is 18.0 Å². The number of nitrogens with zero attached hydrogens (tertiary/aromatic N) is 2. The van der Waals surface area contributed by atoms with Gasteiger partial charge in [0, 0.05) is 25.2 Å². The lowest BCUT2D eigenvalue weighted by atomic mass is 10.0. The molecule has 0 aliphatic heterocycles. The number of amides is 1. The number of aryl methyl sites for hydroxylation is 2. The fourth-order valence-electron chi connectivity index (χ4n) is 3.53. The number of aromatic nitrogens is 2. The lowest BCUT2D eigenvalue weighted by Crippen LogP contribution is -2.28. The molecular weight excluding hydrogens is 343 g/mol. The minimum absolute atomic E-state index is 0.175. The minimum Gasteiger partial charge on any atom is -0.356 e. The molecule has 2 aromatic rings. The van der Waals surface area contributed by atoms with Gasteiger partial charge in [-0.1, -0.05) is 18.2 Å². The number of hydrogen-bond acceptors (Lipinski definition) is 2. The van der Waals surface area contributed by atoms with Crippen molar-refractivity contribution in [2.75, 3.05) is 6.54 Å². The summed E-state index contributed by atoms with van der Waals surface area (Å²) in [6.45, 7) is 4.35. The van der Waals surface area contributed by atoms with Crippen LogP contribution in [0.2, 0.25) is 0 Å². The molecule has 0 saturated heterocycles. The van der Waals surface area contributed by atoms with Crippen LogP contribution in [0.15, 0.2) is 24.3 Å². The van der Waals surface area contributed by atoms with Crippen molar-refractivity contribution in [3.05, 3.63) is 52.3 Å². The molecule has 1 aliphatic carbocycles. The molecule has 0 unspecified atom stereocenters. The lowest BCUT2D eigenvalue weighted by molar-refractivity contribution is -0.138. The van der Waals surface area contributed by atoms with Crippen LogP contribution in [0, 0.1) is 19.8 Å². The summed E-state index contributed by atoms with van der Waals surface area (Å²) in [5, 5.41) is 7.20. The molecule has 140 valence electrons. The Morgan fingerprint density at radius 2 is 2.00 bits per heavy atom. The van der Waals surface area contributed by atoms with E-state index in [1.54, 1.807) is 10.7 Å². The predicted octanol–water partition coefficient (Wildman–Crippen LogP) is 3.52. The number of carbonyl (C=O) groups excluding carboxylic acids is 1. The zero-order valence-corrected chi connectivity index (χ0v) is 15.0. The molecule has 0 radical (unpaired) electrons. The standard InChI is InChI=1S/C19H22F3N3O/c1-11-13(12(2)25(3)24-11)8-9-23-18(26)16-10-15(16)14-6-4-5-7-17(14)19(20,21)22/h4-7,15-16H,8-10H2,1-3H3,(H,23,26)/t15-,16+/m0/s1. The van der Waals surface area contributed by atoms with Crippen molar-refractivity contribution in [2.45, 2.75) is 38.8 Å². The van der Waals surface area contributed by atoms with E-state index >= 15 is 0 Å². The van der Waals surface area contributed by atoms with Crippen LogP contribution in [0.25, 0.3) is 0 Å². The first-order chi connectivity index (χ1) is 12.2. The highest BCUT2D eigenvalue weighted by Crippen LogP contribution is 2.51. The van der Waals surface area contributed by atoms with Crippen LogP contribution in [0.1, 0.15) is 40.4 Å². The first-order valence-corrected chi connectivity index (χ1v) is 8.63. The normalized spacial score (nSPS) is 19.5. The van der Waals surface area contributed by atoms with E-state index in [0.717, 1.165) is 23.0 Å². The minimum atomic E-state index is -4.39. The van der Waals surface area contributed by atoms with Crippen molar-refractivity contribution in [3.63, 3.8) is 0 Å². The van der Waals surface area contributed by atoms with Gasteiger partial charge in [0.1, 0.15) is 0 Å². The Labute approximate surface area is 150 Å². The van der Waals surface area contributed by atoms with Gasteiger partial charge in [-0.25, -0.2) is 0 Å². The van der Waals surface area contributed by atoms with Gasteiger partial charge in [0.25, 0.3) is 0 Å². The van der Waals surface area contributed by atoms with Gasteiger partial charge in [0.2, 0.25) is 5.91 Å². The Balaban J connectivity index is 1.59. The van der Waals surface area contributed by atoms with Crippen LogP contribution in [0.3, 0.4) is 0 Å². The van der Waals surface area contributed by atoms with E-state index in [4.69, 9.17) is 0 Å². The maximum atomic E-state index is 13.1. The third kappa shape index (κ3) is 3.61. The van der Waals surface area contributed by atoms with Crippen molar-refractivity contribution in [2.24, 2.45) is 13.0 Å². The number of carbonyl (C=O) groups is 1. The molecule has 7 heteroatoms. The van der Waals surface area contributed by atoms with Gasteiger partial charge in [0.15, 0.2) is 0 Å². The van der Waals surface area contributed by atoms with E-state index < -0.39 is 11.7 Å². The van der Waals surface area contributed by atoms with E-state index in [2.05, 4.69) is 10.4 Å². The number of alkyl halides is 3. The second-order valence-corrected chi connectivity index (χ2v) is 6.85. The van der Waals surface area contributed by atoms with Crippen molar-refractivity contribution in [1.29, 1.82) is 0 Å². The topological polar surface area (TPSA) is 46.9 Å². The summed E-state index contributed by atoms with van der Waals surface area (Å²) in [6, 6.07) is 5.52. The zero-order chi connectivity index (χ0) is 19.1. The van der Waals surface area contributed by atoms with Crippen molar-refractivity contribution in [3.8, 4) is 0 Å². The predicted molar refractivity (Wildman–Crippen MR) is 91.7 cm³/mol. The number of hydrogen-bond donors (Lipinski definition) is 1. The average molecular weight is 365 g/mol. The maximum absolute atomic E-state index is 13.1. The third-order valence-electron chi connectivity index (χ3n) is 5.13. The summed E-state index contributed by atoms with van der Waals surface area (Å²) in [6.07, 6.45) is -3.27. The van der Waals surface area contributed by atoms with Crippen molar-refractivity contribution >= 4 is 5.91 Å². The van der Waals surface area contributed by atoms with Crippen LogP contribution in [-0.2, 0) is 24.4 Å². The molecule has 1 aromatic carbocycles. The van der Waals surface area contributed by atoms with Crippen molar-refractivity contribution in [1.82, 2.24) is 15.1 Å². The SMILES string of the molecule is Cc1nn(C)c(C)c1CCNC(=O)[C@@H]1C[C@H]1c1ccccc1C(F)(F)F. The summed E-state index contributed by atoms with van der Waals surface area (Å²) in [7, 11) is 1.87. The molecule has 1 aromatic heterocycles. The Hall–Kier alpha value is -2.31. The Kier molecular flexibility index (Phi) is 4.82. The summed E-state index contributed by atoms with van der Waals surface area (Å²) in [5.74, 6) is -0.907. The molecule has 1 fully saturated rings. The first kappa shape index (κ1) is 18.5. The molecule has 3 rings (SSSR count). The second kappa shape index (κ2) is 6.78. The van der Waals surface area contributed by atoms with Gasteiger partial charge in [0.05, 0.1) is 11.3 Å². The molecule has 26 heavy (non-hydrogen) atoms. The monoisotopic (exact) mass is 365 g/mol. The number of nitrogens with one attached hydrogen (secondary N) is 1. The highest BCUT2D eigenvalue weighted by atomic mass is 19.4. The molecule has 0 spiro atoms. The zero-order valence-electron chi connectivity index (χ0n) is 15.0. The van der Waals surface area contributed by atoms with Gasteiger partial charge in [-0.15, -0.1) is 0 Å². The molecular formula is C19H22F3N3O. The second-order valence-electron chi connectivity index (χ2n) is 6.85. The van der Waals surface area contributed by atoms with Crippen molar-refractivity contribution < 1.29 is 18.0 Å². The van der Waals surface area contributed by atoms with Gasteiger partial charge in [-0.05, 0) is 49.8 Å². The van der Waals surface area contributed by atoms with E-state index in [0.29, 0.717) is 19.4 Å². The van der Waals surface area contributed by atoms with Crippen LogP contribution < -0.4 is 5.32 Å². The van der Waals surface area contributed by atoms with Gasteiger partial charge >= 0.3 is 6.18 Å². The average Bonchev–Trinajstić information content (AvgIpc) is 3.33. The Morgan fingerprint density at radius 3 is 2.62 bits per heavy atom. The number of benzene rings is 1. The largest absolute Gasteiger partial charge is 0.416 e. The quantitative estimate of drug-likeness (QED) is 0.881. The highest BCUT2D eigenvalue weighted by Gasteiger charge is 2.47. The smallest absolute Gasteiger partial charge is 0.356 e. The van der Waals surface area contributed by atoms with Crippen LogP contribution in [0.5, 0.6) is 0 Å². The van der Waals surface area contributed by atoms with Crippen LogP contribution >= 0.6 is 0 Å². The summed E-state index contributed by atoms with van der Waals surface area (Å²) >= 11 is 0. The molecule has 1 heterocycles. The number of rotatable bonds is 5. The third-order valence-corrected chi connectivity index (χ3v) is 5.13. The van der Waals surface area contributed by atoms with Crippen LogP contribution in [0.4, 0.5) is 13.2 Å². The first-order valence-electron chi connectivity index (χ1n) is 8.63. The van der Waals surface area contributed by atoms with Gasteiger partial charge < -0.3 is 5.32 Å². The molecule has 2 atom stereocenters. The lowest BCUT2D eigenvalue weighted by Gasteiger charge is -2.12. The van der Waals surface area contributed by atoms with Crippen LogP contribution in [-0.4, -0.2) is 22.2 Å². The van der Waals surface area contributed by atoms with E-state index in [-0.39, 0.29) is 23.3 Å². The highest BCUT2D eigenvalue weighted by molar-refractivity contribution is 5.83. The van der Waals surface area contributed by atoms with E-state index in [1.165, 1.54) is 12.1 Å². The number of halogens is 3. The summed E-state index contributed by atoms with van der Waals surface area (Å²) in [4.78, 5) is 12.3. The van der Waals surface area contributed by atoms with Gasteiger partial charge in [-0.3, -0.25) is 9.48 Å². The molecule has 4 nitrogen and oxygen atoms in total. The molecule has 1 saturated carbocycles. The summed E-state index contributed by atoms with van der Waals surface area (Å²) in [5.41, 5.74) is 2.67. The Morgan fingerprint density at radius 1 is 1.31 bits per heavy atom.